The number of pyridine rings is 8. The molecule has 114 heavy (non-hydrogen) atoms. The molecule has 604 valence electrons. The minimum Gasteiger partial charge on any atom is -0.444 e. The van der Waals surface area contributed by atoms with Gasteiger partial charge in [0.15, 0.2) is 12.6 Å². The Kier molecular flexibility index (Phi) is 38.3. The molecule has 2 atom stereocenters. The number of aldehydes is 3. The van der Waals surface area contributed by atoms with Gasteiger partial charge < -0.3 is 58.3 Å². The Morgan fingerprint density at radius 3 is 1.39 bits per heavy atom. The van der Waals surface area contributed by atoms with Gasteiger partial charge in [0, 0.05) is 120 Å². The Hall–Kier alpha value is -9.68. The fourth-order valence-electron chi connectivity index (χ4n) is 8.78. The molecule has 0 aliphatic rings. The van der Waals surface area contributed by atoms with Crippen LogP contribution in [0.1, 0.15) is 133 Å². The first-order valence-corrected chi connectivity index (χ1v) is 41.1. The molecule has 0 fully saturated rings. The van der Waals surface area contributed by atoms with Gasteiger partial charge in [-0.05, 0) is 260 Å². The first-order valence-electron chi connectivity index (χ1n) is 34.6. The van der Waals surface area contributed by atoms with Gasteiger partial charge in [-0.2, -0.15) is 0 Å². The van der Waals surface area contributed by atoms with Gasteiger partial charge >= 0.3 is 12.2 Å². The second-order valence-corrected chi connectivity index (χ2v) is 36.6. The van der Waals surface area contributed by atoms with Crippen molar-refractivity contribution < 1.29 is 41.9 Å². The van der Waals surface area contributed by atoms with Gasteiger partial charge in [0.05, 0.1) is 101 Å². The Bertz CT molecular complexity index is 5360. The van der Waals surface area contributed by atoms with Gasteiger partial charge in [-0.15, -0.1) is 4.98 Å². The van der Waals surface area contributed by atoms with Gasteiger partial charge in [-0.25, -0.2) is 38.7 Å². The number of nitrogens with two attached hydrogens (primary N) is 4. The van der Waals surface area contributed by atoms with E-state index in [9.17, 15) is 32.4 Å². The lowest BCUT2D eigenvalue weighted by atomic mass is 10.2. The van der Waals surface area contributed by atoms with E-state index in [-0.39, 0.29) is 9.49 Å². The van der Waals surface area contributed by atoms with Gasteiger partial charge in [-0.3, -0.25) is 39.5 Å². The zero-order valence-electron chi connectivity index (χ0n) is 64.7. The summed E-state index contributed by atoms with van der Waals surface area (Å²) >= 11 is 16.5. The number of rotatable bonds is 12. The predicted octanol–water partition coefficient (Wildman–Crippen LogP) is 16.7. The maximum absolute atomic E-state index is 12.2. The number of fused-ring (bicyclic) bond motifs is 5. The highest BCUT2D eigenvalue weighted by molar-refractivity contribution is 9.11. The van der Waals surface area contributed by atoms with Crippen molar-refractivity contribution in [3.05, 3.63) is 252 Å². The van der Waals surface area contributed by atoms with Crippen molar-refractivity contribution in [2.45, 2.75) is 136 Å². The van der Waals surface area contributed by atoms with E-state index >= 15 is 0 Å². The molecule has 0 bridgehead atoms. The molecular weight excluding hydrogens is 1820 g/mol. The average Bonchev–Trinajstić information content (AvgIpc) is 1.68. The number of aryl methyl sites for hydroxylation is 2. The van der Waals surface area contributed by atoms with E-state index in [1.54, 1.807) is 110 Å². The quantitative estimate of drug-likeness (QED) is 0.0489. The number of imidazole rings is 5. The van der Waals surface area contributed by atoms with Crippen molar-refractivity contribution in [1.82, 2.24) is 61.9 Å². The molecule has 29 nitrogen and oxygen atoms in total. The van der Waals surface area contributed by atoms with Crippen LogP contribution in [0.4, 0.5) is 32.5 Å². The van der Waals surface area contributed by atoms with Crippen molar-refractivity contribution in [3.63, 3.8) is 0 Å². The number of nitrogen functional groups attached to an aromatic ring is 1. The second kappa shape index (κ2) is 46.0. The third-order valence-corrected chi connectivity index (χ3v) is 19.8. The fourth-order valence-corrected chi connectivity index (χ4v) is 11.2. The van der Waals surface area contributed by atoms with Gasteiger partial charge in [0.25, 0.3) is 5.82 Å². The van der Waals surface area contributed by atoms with Crippen molar-refractivity contribution in [2.75, 3.05) is 22.1 Å². The first-order chi connectivity index (χ1) is 53.7. The van der Waals surface area contributed by atoms with Crippen LogP contribution in [-0.2, 0) is 62.0 Å². The van der Waals surface area contributed by atoms with E-state index < -0.39 is 45.2 Å². The summed E-state index contributed by atoms with van der Waals surface area (Å²) in [6.45, 7) is 29.8. The predicted molar refractivity (Wildman–Crippen MR) is 467 cm³/mol. The zero-order valence-corrected chi connectivity index (χ0v) is 74.3. The number of carbonyl (C=O) groups is 5. The molecule has 13 aromatic rings. The summed E-state index contributed by atoms with van der Waals surface area (Å²) in [6, 6.07) is 29.7. The number of ether oxygens (including phenoxy) is 2. The molecular formula is C78H91Br5N20O9S2. The summed E-state index contributed by atoms with van der Waals surface area (Å²) in [6.07, 6.45) is 27.6. The molecule has 0 saturated carbocycles. The molecule has 13 aromatic heterocycles. The third-order valence-electron chi connectivity index (χ3n) is 14.4. The molecule has 2 amide bonds. The lowest BCUT2D eigenvalue weighted by Crippen LogP contribution is -2.27. The molecule has 0 aliphatic heterocycles. The molecule has 13 heterocycles. The Morgan fingerprint density at radius 2 is 0.930 bits per heavy atom. The molecule has 13 rings (SSSR count). The van der Waals surface area contributed by atoms with Crippen molar-refractivity contribution in [2.24, 2.45) is 16.6 Å². The number of aromatic nitrogens is 13. The SMILES string of the molecule is Brc1ccc2cncn2c1.CC(C)(C)OC(=O)Nc1ccc2c(C=O)ncn2c1.CC(C)(C)OC(=O)Nc1ccc2c(CCS(=O)C(C)(C)C)ncn2c1.CC(C)(C)S(N)=O.NCc1ccc(Br)cn1.NCc1ncn2cc(N)ccc12.O=CCCc1ccc(Br)cn1.O=Cc1ncn2cc(Br)ccc12.[C-]#[N+]c1ccc(Br)cn1. The van der Waals surface area contributed by atoms with E-state index in [1.807, 2.05) is 173 Å². The number of amides is 2. The molecule has 0 saturated heterocycles. The van der Waals surface area contributed by atoms with E-state index in [2.05, 4.69) is 135 Å². The maximum atomic E-state index is 12.2. The number of hydrogen-bond acceptors (Lipinski definition) is 20. The highest BCUT2D eigenvalue weighted by Gasteiger charge is 2.21. The van der Waals surface area contributed by atoms with Crippen molar-refractivity contribution >= 4 is 183 Å². The molecule has 0 aliphatic carbocycles. The Balaban J connectivity index is 0.000000236. The van der Waals surface area contributed by atoms with E-state index in [0.717, 1.165) is 91.9 Å². The van der Waals surface area contributed by atoms with E-state index in [4.69, 9.17) is 38.4 Å². The average molecular weight is 1920 g/mol. The second-order valence-electron chi connectivity index (χ2n) is 27.8. The lowest BCUT2D eigenvalue weighted by Gasteiger charge is -2.19. The van der Waals surface area contributed by atoms with Crippen LogP contribution in [0.2, 0.25) is 0 Å². The summed E-state index contributed by atoms with van der Waals surface area (Å²) in [5.41, 5.74) is 26.3. The highest BCUT2D eigenvalue weighted by Crippen LogP contribution is 2.22. The van der Waals surface area contributed by atoms with Crippen LogP contribution in [-0.4, -0.2) is 128 Å². The Labute approximate surface area is 708 Å². The van der Waals surface area contributed by atoms with Crippen LogP contribution in [0.25, 0.3) is 32.4 Å². The largest absolute Gasteiger partial charge is 0.444 e. The van der Waals surface area contributed by atoms with Crippen LogP contribution < -0.4 is 33.0 Å². The maximum Gasteiger partial charge on any atom is 0.412 e. The monoisotopic (exact) mass is 1910 g/mol. The fraction of sp³-hybridized carbons (Fsp3) is 0.282. The standard InChI is InChI=1S/C18H27N3O3S.C13H15N3O3.C8H5BrN2O.C8H8BrNO.C8H10N4.C7H5BrN2.C6H3BrN2.C6H7BrN2.C4H11NOS/c1-17(2,3)24-16(22)20-13-7-8-15-14(19-12-21(15)11-13)9-10-25(23)18(4,5)6;1-13(2,3)19-12(18)15-9-4-5-11-10(7-17)14-8-16(11)6-9;9-6-1-2-8-7(4-12)10-5-11(8)3-6;9-7-3-4-8(10-6-7)2-1-5-11;9-3-7-8-2-1-6(10)4-12(8)5-11-7;8-6-1-2-7-3-9-5-10(7)4-6;1-8-6-3-2-5(7)4-9-6;7-5-1-2-6(3-8)9-4-5;1-4(2,3)7(5)6/h7-8,11-12H,9-10H2,1-6H3,(H,20,22);4-8H,1-3H3,(H,15,18);1-5H;3-6H,1-2H2;1-2,4-5H,3,9-10H2;1-5H;2-4H;1-2,4H,3,8H2;5H2,1-3H3. The number of nitrogens with zero attached hydrogens (tertiary/aromatic N) is 14. The topological polar surface area (TPSA) is 396 Å². The number of carbonyl (C=O) groups excluding carboxylic acids is 5. The summed E-state index contributed by atoms with van der Waals surface area (Å²) in [7, 11) is -2.09. The number of halogens is 5. The smallest absolute Gasteiger partial charge is 0.412 e. The number of nitrogens with one attached hydrogen (secondary N) is 2. The first kappa shape index (κ1) is 94.9. The van der Waals surface area contributed by atoms with E-state index in [0.29, 0.717) is 72.1 Å². The molecule has 0 radical (unpaired) electrons. The van der Waals surface area contributed by atoms with Crippen molar-refractivity contribution in [1.29, 1.82) is 0 Å². The van der Waals surface area contributed by atoms with Crippen LogP contribution in [0.3, 0.4) is 0 Å². The molecule has 0 spiro atoms. The van der Waals surface area contributed by atoms with Gasteiger partial charge in [-0.1, -0.05) is 12.6 Å². The molecule has 2 unspecified atom stereocenters. The summed E-state index contributed by atoms with van der Waals surface area (Å²) in [5.74, 6) is 1.01. The minimum absolute atomic E-state index is 0.222. The zero-order chi connectivity index (χ0) is 84.5. The molecule has 0 aromatic carbocycles. The van der Waals surface area contributed by atoms with Gasteiger partial charge in [0.1, 0.15) is 47.7 Å². The number of hydrogen-bond donors (Lipinski definition) is 6. The lowest BCUT2D eigenvalue weighted by molar-refractivity contribution is -0.107. The van der Waals surface area contributed by atoms with Crippen LogP contribution in [0.15, 0.2) is 207 Å². The number of anilines is 3. The van der Waals surface area contributed by atoms with Crippen LogP contribution in [0.5, 0.6) is 0 Å². The van der Waals surface area contributed by atoms with E-state index in [1.165, 1.54) is 6.33 Å². The van der Waals surface area contributed by atoms with Crippen LogP contribution in [0, 0.1) is 6.57 Å². The van der Waals surface area contributed by atoms with Crippen LogP contribution >= 0.6 is 79.6 Å². The Morgan fingerprint density at radius 1 is 0.491 bits per heavy atom. The summed E-state index contributed by atoms with van der Waals surface area (Å²) < 4.78 is 46.5. The minimum atomic E-state index is -1.18. The summed E-state index contributed by atoms with van der Waals surface area (Å²) in [5, 5.41) is 10.4. The summed E-state index contributed by atoms with van der Waals surface area (Å²) in [4.78, 5) is 90.2. The third kappa shape index (κ3) is 33.8. The highest BCUT2D eigenvalue weighted by atomic mass is 79.9. The molecule has 10 N–H and O–H groups in total. The normalized spacial score (nSPS) is 11.4. The molecule has 36 heteroatoms. The van der Waals surface area contributed by atoms with Gasteiger partial charge in [0.2, 0.25) is 0 Å². The van der Waals surface area contributed by atoms with Crippen molar-refractivity contribution in [3.8, 4) is 0 Å².